The van der Waals surface area contributed by atoms with Gasteiger partial charge in [-0.1, -0.05) is 23.7 Å². The van der Waals surface area contributed by atoms with Crippen LogP contribution in [-0.4, -0.2) is 24.7 Å². The Kier molecular flexibility index (Phi) is 4.55. The number of carbonyl (C=O) groups is 1. The van der Waals surface area contributed by atoms with Crippen molar-refractivity contribution in [3.63, 3.8) is 0 Å². The Bertz CT molecular complexity index is 487. The number of amides is 1. The number of carbonyl (C=O) groups excluding carboxylic acids is 1. The van der Waals surface area contributed by atoms with Crippen LogP contribution in [0.15, 0.2) is 24.3 Å². The highest BCUT2D eigenvalue weighted by atomic mass is 35.5. The Morgan fingerprint density at radius 1 is 1.45 bits per heavy atom. The highest BCUT2D eigenvalue weighted by molar-refractivity contribution is 6.30. The maximum atomic E-state index is 13.1. The van der Waals surface area contributed by atoms with E-state index in [1.165, 1.54) is 24.3 Å². The lowest BCUT2D eigenvalue weighted by atomic mass is 10.1. The van der Waals surface area contributed by atoms with E-state index in [9.17, 15) is 18.0 Å². The summed E-state index contributed by atoms with van der Waals surface area (Å²) in [5, 5.41) is 5.13. The summed E-state index contributed by atoms with van der Waals surface area (Å²) in [7, 11) is 0. The summed E-state index contributed by atoms with van der Waals surface area (Å²) in [5.74, 6) is -0.634. The predicted octanol–water partition coefficient (Wildman–Crippen LogP) is 2.81. The molecule has 1 heterocycles. The fourth-order valence-electron chi connectivity index (χ4n) is 2.19. The number of hydrogen-bond donors (Lipinski definition) is 2. The van der Waals surface area contributed by atoms with Crippen molar-refractivity contribution in [3.05, 3.63) is 34.9 Å². The van der Waals surface area contributed by atoms with E-state index in [1.807, 2.05) is 0 Å². The van der Waals surface area contributed by atoms with Crippen LogP contribution in [0.4, 0.5) is 13.2 Å². The first kappa shape index (κ1) is 15.1. The van der Waals surface area contributed by atoms with E-state index in [0.29, 0.717) is 13.0 Å². The zero-order valence-electron chi connectivity index (χ0n) is 10.5. The summed E-state index contributed by atoms with van der Waals surface area (Å²) in [4.78, 5) is 11.9. The Hall–Kier alpha value is -1.27. The molecule has 2 atom stereocenters. The molecule has 110 valence electrons. The van der Waals surface area contributed by atoms with Crippen LogP contribution in [0.3, 0.4) is 0 Å². The molecular formula is C13H14ClF3N2O. The van der Waals surface area contributed by atoms with Crippen LogP contribution in [0, 0.1) is 0 Å². The van der Waals surface area contributed by atoms with E-state index in [0.717, 1.165) is 6.42 Å². The Labute approximate surface area is 119 Å². The van der Waals surface area contributed by atoms with Gasteiger partial charge in [-0.15, -0.1) is 0 Å². The van der Waals surface area contributed by atoms with Crippen molar-refractivity contribution in [2.24, 2.45) is 0 Å². The largest absolute Gasteiger partial charge is 0.412 e. The van der Waals surface area contributed by atoms with Gasteiger partial charge in [0.2, 0.25) is 5.91 Å². The standard InChI is InChI=1S/C13H14ClF3N2O/c14-9-4-1-3-8(7-9)11(13(15,16)17)19-12(20)10-5-2-6-18-10/h1,3-4,7,10-11,18H,2,5-6H2,(H,19,20)/t10-,11-/m0/s1. The first-order chi connectivity index (χ1) is 9.38. The average Bonchev–Trinajstić information content (AvgIpc) is 2.88. The first-order valence-electron chi connectivity index (χ1n) is 6.24. The smallest absolute Gasteiger partial charge is 0.339 e. The topological polar surface area (TPSA) is 41.1 Å². The third-order valence-corrected chi connectivity index (χ3v) is 3.41. The van der Waals surface area contributed by atoms with Gasteiger partial charge in [0.15, 0.2) is 6.04 Å². The van der Waals surface area contributed by atoms with Crippen LogP contribution in [0.25, 0.3) is 0 Å². The van der Waals surface area contributed by atoms with E-state index in [1.54, 1.807) is 0 Å². The van der Waals surface area contributed by atoms with Crippen molar-refractivity contribution in [3.8, 4) is 0 Å². The Morgan fingerprint density at radius 3 is 2.75 bits per heavy atom. The molecule has 1 aliphatic rings. The van der Waals surface area contributed by atoms with Crippen molar-refractivity contribution < 1.29 is 18.0 Å². The fraction of sp³-hybridized carbons (Fsp3) is 0.462. The van der Waals surface area contributed by atoms with Gasteiger partial charge in [-0.3, -0.25) is 4.79 Å². The zero-order chi connectivity index (χ0) is 14.8. The van der Waals surface area contributed by atoms with E-state index in [-0.39, 0.29) is 10.6 Å². The van der Waals surface area contributed by atoms with Crippen LogP contribution < -0.4 is 10.6 Å². The molecule has 1 fully saturated rings. The lowest BCUT2D eigenvalue weighted by molar-refractivity contribution is -0.164. The SMILES string of the molecule is O=C(N[C@@H](c1cccc(Cl)c1)C(F)(F)F)[C@@H]1CCCN1. The Morgan fingerprint density at radius 2 is 2.20 bits per heavy atom. The molecule has 1 aliphatic heterocycles. The minimum absolute atomic E-state index is 0.0728. The number of nitrogens with one attached hydrogen (secondary N) is 2. The van der Waals surface area contributed by atoms with Crippen LogP contribution in [0.1, 0.15) is 24.4 Å². The highest BCUT2D eigenvalue weighted by Gasteiger charge is 2.42. The van der Waals surface area contributed by atoms with Gasteiger partial charge < -0.3 is 10.6 Å². The third-order valence-electron chi connectivity index (χ3n) is 3.17. The van der Waals surface area contributed by atoms with Gasteiger partial charge in [-0.25, -0.2) is 0 Å². The van der Waals surface area contributed by atoms with E-state index < -0.39 is 24.2 Å². The van der Waals surface area contributed by atoms with Crippen molar-refractivity contribution in [1.82, 2.24) is 10.6 Å². The van der Waals surface area contributed by atoms with Crippen molar-refractivity contribution in [2.75, 3.05) is 6.54 Å². The number of alkyl halides is 3. The van der Waals surface area contributed by atoms with Crippen LogP contribution >= 0.6 is 11.6 Å². The van der Waals surface area contributed by atoms with Gasteiger partial charge in [0, 0.05) is 5.02 Å². The summed E-state index contributed by atoms with van der Waals surface area (Å²) in [6, 6.07) is 2.82. The van der Waals surface area contributed by atoms with Gasteiger partial charge in [-0.2, -0.15) is 13.2 Å². The van der Waals surface area contributed by atoms with E-state index >= 15 is 0 Å². The minimum Gasteiger partial charge on any atom is -0.339 e. The highest BCUT2D eigenvalue weighted by Crippen LogP contribution is 2.33. The molecule has 0 aromatic heterocycles. The summed E-state index contributed by atoms with van der Waals surface area (Å²) < 4.78 is 39.3. The van der Waals surface area contributed by atoms with Crippen LogP contribution in [0.2, 0.25) is 5.02 Å². The molecule has 1 saturated heterocycles. The molecule has 2 rings (SSSR count). The zero-order valence-corrected chi connectivity index (χ0v) is 11.3. The molecule has 0 spiro atoms. The molecule has 2 N–H and O–H groups in total. The summed E-state index contributed by atoms with van der Waals surface area (Å²) in [6.45, 7) is 0.645. The number of rotatable bonds is 3. The van der Waals surface area contributed by atoms with Gasteiger partial charge in [0.25, 0.3) is 0 Å². The second-order valence-electron chi connectivity index (χ2n) is 4.69. The Balaban J connectivity index is 2.18. The van der Waals surface area contributed by atoms with Gasteiger partial charge in [0.05, 0.1) is 6.04 Å². The first-order valence-corrected chi connectivity index (χ1v) is 6.61. The molecule has 0 radical (unpaired) electrons. The minimum atomic E-state index is -4.57. The molecule has 0 unspecified atom stereocenters. The molecule has 0 bridgehead atoms. The summed E-state index contributed by atoms with van der Waals surface area (Å²) >= 11 is 5.71. The quantitative estimate of drug-likeness (QED) is 0.901. The number of benzene rings is 1. The third kappa shape index (κ3) is 3.64. The maximum Gasteiger partial charge on any atom is 0.412 e. The van der Waals surface area contributed by atoms with Crippen molar-refractivity contribution in [2.45, 2.75) is 31.1 Å². The molecule has 0 saturated carbocycles. The summed E-state index contributed by atoms with van der Waals surface area (Å²) in [6.07, 6.45) is -3.24. The molecule has 0 aliphatic carbocycles. The van der Waals surface area contributed by atoms with E-state index in [2.05, 4.69) is 10.6 Å². The lowest BCUT2D eigenvalue weighted by Crippen LogP contribution is -2.46. The average molecular weight is 307 g/mol. The molecular weight excluding hydrogens is 293 g/mol. The van der Waals surface area contributed by atoms with Crippen LogP contribution in [0.5, 0.6) is 0 Å². The van der Waals surface area contributed by atoms with Gasteiger partial charge in [0.1, 0.15) is 0 Å². The van der Waals surface area contributed by atoms with Crippen molar-refractivity contribution in [1.29, 1.82) is 0 Å². The maximum absolute atomic E-state index is 13.1. The molecule has 1 aromatic rings. The molecule has 7 heteroatoms. The van der Waals surface area contributed by atoms with Crippen LogP contribution in [-0.2, 0) is 4.79 Å². The molecule has 20 heavy (non-hydrogen) atoms. The van der Waals surface area contributed by atoms with Gasteiger partial charge in [-0.05, 0) is 37.1 Å². The normalized spacial score (nSPS) is 20.7. The molecule has 3 nitrogen and oxygen atoms in total. The number of halogens is 4. The van der Waals surface area contributed by atoms with Crippen molar-refractivity contribution >= 4 is 17.5 Å². The fourth-order valence-corrected chi connectivity index (χ4v) is 2.39. The summed E-state index contributed by atoms with van der Waals surface area (Å²) in [5.41, 5.74) is -0.0728. The number of hydrogen-bond acceptors (Lipinski definition) is 2. The molecule has 1 aromatic carbocycles. The predicted molar refractivity (Wildman–Crippen MR) is 69.4 cm³/mol. The second-order valence-corrected chi connectivity index (χ2v) is 5.12. The lowest BCUT2D eigenvalue weighted by Gasteiger charge is -2.24. The monoisotopic (exact) mass is 306 g/mol. The van der Waals surface area contributed by atoms with Gasteiger partial charge >= 0.3 is 6.18 Å². The van der Waals surface area contributed by atoms with E-state index in [4.69, 9.17) is 11.6 Å². The molecule has 1 amide bonds. The second kappa shape index (κ2) is 6.01.